The summed E-state index contributed by atoms with van der Waals surface area (Å²) in [4.78, 5) is 12.9. The topological polar surface area (TPSA) is 51.1 Å². The van der Waals surface area contributed by atoms with Crippen LogP contribution in [-0.4, -0.2) is 25.3 Å². The molecule has 1 amide bonds. The smallest absolute Gasteiger partial charge is 0.280 e. The van der Waals surface area contributed by atoms with Crippen LogP contribution in [0.1, 0.15) is 26.3 Å². The van der Waals surface area contributed by atoms with Gasteiger partial charge in [0.05, 0.1) is 30.7 Å². The molecule has 0 unspecified atom stereocenters. The highest BCUT2D eigenvalue weighted by Gasteiger charge is 2.29. The predicted octanol–water partition coefficient (Wildman–Crippen LogP) is 5.84. The average molecular weight is 433 g/mol. The van der Waals surface area contributed by atoms with E-state index in [1.807, 2.05) is 18.2 Å². The predicted molar refractivity (Wildman–Crippen MR) is 118 cm³/mol. The van der Waals surface area contributed by atoms with E-state index in [9.17, 15) is 4.79 Å². The Hall–Kier alpha value is -2.50. The molecule has 2 aromatic carbocycles. The third-order valence-corrected chi connectivity index (χ3v) is 4.66. The lowest BCUT2D eigenvalue weighted by Crippen LogP contribution is -2.21. The molecule has 0 N–H and O–H groups in total. The number of nitrogens with zero attached hydrogens (tertiary/aromatic N) is 2. The first-order chi connectivity index (χ1) is 13.8. The molecule has 1 aliphatic rings. The molecule has 0 saturated carbocycles. The van der Waals surface area contributed by atoms with Gasteiger partial charge < -0.3 is 9.47 Å². The number of amides is 1. The number of hydrazone groups is 1. The number of hydrogen-bond donors (Lipinski definition) is 0. The van der Waals surface area contributed by atoms with Gasteiger partial charge in [-0.15, -0.1) is 0 Å². The molecular formula is C22H22Cl2N2O3. The zero-order valence-corrected chi connectivity index (χ0v) is 18.2. The maximum absolute atomic E-state index is 12.9. The molecule has 7 heteroatoms. The van der Waals surface area contributed by atoms with Crippen molar-refractivity contribution in [2.45, 2.75) is 20.8 Å². The Morgan fingerprint density at radius 1 is 1.10 bits per heavy atom. The number of anilines is 1. The summed E-state index contributed by atoms with van der Waals surface area (Å²) in [6.45, 7) is 6.54. The normalized spacial score (nSPS) is 15.3. The molecule has 0 bridgehead atoms. The summed E-state index contributed by atoms with van der Waals surface area (Å²) in [6, 6.07) is 10.5. The molecule has 0 saturated heterocycles. The molecule has 0 spiro atoms. The highest BCUT2D eigenvalue weighted by molar-refractivity contribution is 6.36. The van der Waals surface area contributed by atoms with Crippen molar-refractivity contribution in [3.8, 4) is 11.5 Å². The number of carbonyl (C=O) groups excluding carboxylic acids is 1. The molecule has 29 heavy (non-hydrogen) atoms. The van der Waals surface area contributed by atoms with Gasteiger partial charge in [0.15, 0.2) is 11.5 Å². The van der Waals surface area contributed by atoms with Gasteiger partial charge in [0.1, 0.15) is 0 Å². The van der Waals surface area contributed by atoms with E-state index >= 15 is 0 Å². The summed E-state index contributed by atoms with van der Waals surface area (Å²) < 4.78 is 11.2. The van der Waals surface area contributed by atoms with Crippen LogP contribution in [0.2, 0.25) is 10.0 Å². The zero-order valence-electron chi connectivity index (χ0n) is 16.7. The lowest BCUT2D eigenvalue weighted by atomic mass is 10.1. The quantitative estimate of drug-likeness (QED) is 0.538. The first-order valence-corrected chi connectivity index (χ1v) is 9.92. The summed E-state index contributed by atoms with van der Waals surface area (Å²) in [7, 11) is 1.59. The van der Waals surface area contributed by atoms with Crippen LogP contribution in [0.25, 0.3) is 6.08 Å². The Morgan fingerprint density at radius 2 is 1.79 bits per heavy atom. The van der Waals surface area contributed by atoms with Gasteiger partial charge in [-0.2, -0.15) is 10.1 Å². The highest BCUT2D eigenvalue weighted by Crippen LogP contribution is 2.32. The van der Waals surface area contributed by atoms with E-state index in [4.69, 9.17) is 32.7 Å². The van der Waals surface area contributed by atoms with Crippen LogP contribution in [0.15, 0.2) is 47.1 Å². The zero-order chi connectivity index (χ0) is 21.1. The Bertz CT molecular complexity index is 979. The summed E-state index contributed by atoms with van der Waals surface area (Å²) >= 11 is 12.1. The SMILES string of the molecule is COc1cc(/C=C2\C(=O)N(c3cc(Cl)cc(Cl)c3)N=C2C)ccc1OCC(C)C. The molecule has 152 valence electrons. The van der Waals surface area contributed by atoms with Crippen molar-refractivity contribution in [1.82, 2.24) is 0 Å². The van der Waals surface area contributed by atoms with Gasteiger partial charge in [-0.3, -0.25) is 4.79 Å². The van der Waals surface area contributed by atoms with E-state index in [-0.39, 0.29) is 5.91 Å². The minimum absolute atomic E-state index is 0.250. The molecule has 1 heterocycles. The molecule has 0 aliphatic carbocycles. The van der Waals surface area contributed by atoms with Crippen LogP contribution in [-0.2, 0) is 4.79 Å². The summed E-state index contributed by atoms with van der Waals surface area (Å²) in [6.07, 6.45) is 1.78. The summed E-state index contributed by atoms with van der Waals surface area (Å²) in [5, 5.41) is 6.54. The van der Waals surface area contributed by atoms with Crippen molar-refractivity contribution in [2.24, 2.45) is 11.0 Å². The van der Waals surface area contributed by atoms with Crippen molar-refractivity contribution in [1.29, 1.82) is 0 Å². The number of benzene rings is 2. The minimum atomic E-state index is -0.250. The van der Waals surface area contributed by atoms with E-state index in [0.717, 1.165) is 5.56 Å². The molecule has 5 nitrogen and oxygen atoms in total. The minimum Gasteiger partial charge on any atom is -0.493 e. The van der Waals surface area contributed by atoms with Gasteiger partial charge >= 0.3 is 0 Å². The van der Waals surface area contributed by atoms with Gasteiger partial charge in [0, 0.05) is 10.0 Å². The van der Waals surface area contributed by atoms with Crippen molar-refractivity contribution in [3.63, 3.8) is 0 Å². The van der Waals surface area contributed by atoms with Crippen LogP contribution in [0.3, 0.4) is 0 Å². The largest absolute Gasteiger partial charge is 0.493 e. The standard InChI is InChI=1S/C22H22Cl2N2O3/c1-13(2)12-29-20-6-5-15(8-21(20)28-4)7-19-14(3)25-26(22(19)27)18-10-16(23)9-17(24)11-18/h5-11,13H,12H2,1-4H3/b19-7-. The van der Waals surface area contributed by atoms with Gasteiger partial charge in [0.2, 0.25) is 0 Å². The average Bonchev–Trinajstić information content (AvgIpc) is 2.94. The van der Waals surface area contributed by atoms with Crippen LogP contribution >= 0.6 is 23.2 Å². The second-order valence-electron chi connectivity index (χ2n) is 7.10. The van der Waals surface area contributed by atoms with Crippen LogP contribution < -0.4 is 14.5 Å². The van der Waals surface area contributed by atoms with Crippen LogP contribution in [0, 0.1) is 5.92 Å². The van der Waals surface area contributed by atoms with E-state index in [2.05, 4.69) is 18.9 Å². The first kappa shape index (κ1) is 21.2. The van der Waals surface area contributed by atoms with Crippen LogP contribution in [0.4, 0.5) is 5.69 Å². The van der Waals surface area contributed by atoms with Crippen molar-refractivity contribution >= 4 is 46.6 Å². The molecule has 0 radical (unpaired) electrons. The van der Waals surface area contributed by atoms with E-state index in [0.29, 0.717) is 51.0 Å². The summed E-state index contributed by atoms with van der Waals surface area (Å²) in [5.74, 6) is 1.43. The third-order valence-electron chi connectivity index (χ3n) is 4.23. The maximum atomic E-state index is 12.9. The van der Waals surface area contributed by atoms with Crippen LogP contribution in [0.5, 0.6) is 11.5 Å². The maximum Gasteiger partial charge on any atom is 0.280 e. The van der Waals surface area contributed by atoms with E-state index in [1.165, 1.54) is 5.01 Å². The third kappa shape index (κ3) is 4.92. The van der Waals surface area contributed by atoms with E-state index < -0.39 is 0 Å². The lowest BCUT2D eigenvalue weighted by molar-refractivity contribution is -0.114. The fourth-order valence-corrected chi connectivity index (χ4v) is 3.35. The number of ether oxygens (including phenoxy) is 2. The van der Waals surface area contributed by atoms with Gasteiger partial charge in [-0.25, -0.2) is 0 Å². The van der Waals surface area contributed by atoms with E-state index in [1.54, 1.807) is 38.3 Å². The second-order valence-corrected chi connectivity index (χ2v) is 7.98. The van der Waals surface area contributed by atoms with Crippen molar-refractivity contribution < 1.29 is 14.3 Å². The Morgan fingerprint density at radius 3 is 2.41 bits per heavy atom. The molecular weight excluding hydrogens is 411 g/mol. The molecule has 0 fully saturated rings. The number of rotatable bonds is 6. The van der Waals surface area contributed by atoms with Gasteiger partial charge in [-0.1, -0.05) is 43.1 Å². The van der Waals surface area contributed by atoms with Gasteiger partial charge in [-0.05, 0) is 54.8 Å². The number of hydrogen-bond acceptors (Lipinski definition) is 4. The lowest BCUT2D eigenvalue weighted by Gasteiger charge is -2.13. The Balaban J connectivity index is 1.89. The molecule has 0 atom stereocenters. The number of halogens is 2. The molecule has 1 aliphatic heterocycles. The monoisotopic (exact) mass is 432 g/mol. The Labute approximate surface area is 180 Å². The fourth-order valence-electron chi connectivity index (χ4n) is 2.84. The van der Waals surface area contributed by atoms with Crippen molar-refractivity contribution in [2.75, 3.05) is 18.7 Å². The number of carbonyl (C=O) groups is 1. The van der Waals surface area contributed by atoms with Crippen molar-refractivity contribution in [3.05, 3.63) is 57.6 Å². The first-order valence-electron chi connectivity index (χ1n) is 9.17. The molecule has 2 aromatic rings. The molecule has 0 aromatic heterocycles. The van der Waals surface area contributed by atoms with Gasteiger partial charge in [0.25, 0.3) is 5.91 Å². The second kappa shape index (κ2) is 8.89. The summed E-state index contributed by atoms with van der Waals surface area (Å²) in [5.41, 5.74) is 2.41. The number of methoxy groups -OCH3 is 1. The molecule has 3 rings (SSSR count). The Kier molecular flexibility index (Phi) is 6.50. The highest BCUT2D eigenvalue weighted by atomic mass is 35.5. The fraction of sp³-hybridized carbons (Fsp3) is 0.273.